The molecular formula is C11H14BrNO3. The Bertz CT molecular complexity index is 378. The normalized spacial score (nSPS) is 20.8. The van der Waals surface area contributed by atoms with Crippen LogP contribution in [0.5, 0.6) is 11.5 Å². The van der Waals surface area contributed by atoms with E-state index in [1.54, 1.807) is 6.07 Å². The van der Waals surface area contributed by atoms with Gasteiger partial charge in [-0.15, -0.1) is 0 Å². The van der Waals surface area contributed by atoms with Gasteiger partial charge in [0.25, 0.3) is 0 Å². The number of hydrogen-bond acceptors (Lipinski definition) is 4. The van der Waals surface area contributed by atoms with Gasteiger partial charge in [0.1, 0.15) is 0 Å². The highest BCUT2D eigenvalue weighted by atomic mass is 79.9. The minimum atomic E-state index is -0.00164. The zero-order chi connectivity index (χ0) is 11.5. The van der Waals surface area contributed by atoms with Crippen LogP contribution in [-0.2, 0) is 4.74 Å². The highest BCUT2D eigenvalue weighted by Gasteiger charge is 2.23. The summed E-state index contributed by atoms with van der Waals surface area (Å²) in [6, 6.07) is 3.59. The fourth-order valence-electron chi connectivity index (χ4n) is 1.81. The average Bonchev–Trinajstić information content (AvgIpc) is 2.31. The van der Waals surface area contributed by atoms with Crippen LogP contribution >= 0.6 is 15.9 Å². The van der Waals surface area contributed by atoms with Gasteiger partial charge in [0, 0.05) is 16.6 Å². The van der Waals surface area contributed by atoms with Crippen molar-refractivity contribution in [2.45, 2.75) is 6.04 Å². The molecule has 0 aliphatic carbocycles. The van der Waals surface area contributed by atoms with E-state index < -0.39 is 0 Å². The van der Waals surface area contributed by atoms with Gasteiger partial charge in [0.05, 0.1) is 26.4 Å². The van der Waals surface area contributed by atoms with E-state index >= 15 is 0 Å². The topological polar surface area (TPSA) is 50.7 Å². The van der Waals surface area contributed by atoms with Crippen LogP contribution in [0.25, 0.3) is 0 Å². The van der Waals surface area contributed by atoms with Crippen LogP contribution in [0.3, 0.4) is 0 Å². The Balaban J connectivity index is 2.37. The van der Waals surface area contributed by atoms with Crippen molar-refractivity contribution in [3.05, 3.63) is 22.2 Å². The summed E-state index contributed by atoms with van der Waals surface area (Å²) in [5.74, 6) is 0.644. The molecule has 2 rings (SSSR count). The second kappa shape index (κ2) is 5.03. The molecule has 1 aromatic carbocycles. The molecular weight excluding hydrogens is 274 g/mol. The molecule has 4 nitrogen and oxygen atoms in total. The quantitative estimate of drug-likeness (QED) is 0.871. The number of halogens is 1. The van der Waals surface area contributed by atoms with E-state index in [4.69, 9.17) is 9.47 Å². The number of ether oxygens (including phenoxy) is 2. The standard InChI is InChI=1S/C11H14BrNO3/c1-15-9-3-2-7(12)10(11(9)14)8-6-16-5-4-13-8/h2-3,8,13-14H,4-6H2,1H3/t8-/m0/s1. The van der Waals surface area contributed by atoms with Gasteiger partial charge in [-0.1, -0.05) is 15.9 Å². The largest absolute Gasteiger partial charge is 0.504 e. The number of hydrogen-bond donors (Lipinski definition) is 2. The third kappa shape index (κ3) is 2.16. The summed E-state index contributed by atoms with van der Waals surface area (Å²) < 4.78 is 11.3. The van der Waals surface area contributed by atoms with Gasteiger partial charge in [-0.2, -0.15) is 0 Å². The molecule has 1 aromatic rings. The minimum absolute atomic E-state index is 0.00164. The van der Waals surface area contributed by atoms with Gasteiger partial charge in [0.2, 0.25) is 0 Å². The summed E-state index contributed by atoms with van der Waals surface area (Å²) in [6.45, 7) is 2.05. The molecule has 1 saturated heterocycles. The van der Waals surface area contributed by atoms with E-state index in [0.717, 1.165) is 16.6 Å². The van der Waals surface area contributed by atoms with Crippen LogP contribution in [0.2, 0.25) is 0 Å². The van der Waals surface area contributed by atoms with Crippen LogP contribution in [0.1, 0.15) is 11.6 Å². The first-order valence-electron chi connectivity index (χ1n) is 5.10. The molecule has 0 aromatic heterocycles. The Labute approximate surface area is 103 Å². The molecule has 0 spiro atoms. The molecule has 0 amide bonds. The maximum absolute atomic E-state index is 10.1. The molecule has 0 bridgehead atoms. The van der Waals surface area contributed by atoms with E-state index in [1.807, 2.05) is 6.07 Å². The zero-order valence-corrected chi connectivity index (χ0v) is 10.6. The van der Waals surface area contributed by atoms with Gasteiger partial charge >= 0.3 is 0 Å². The summed E-state index contributed by atoms with van der Waals surface area (Å²) in [5, 5.41) is 13.4. The van der Waals surface area contributed by atoms with E-state index in [9.17, 15) is 5.11 Å². The number of nitrogens with one attached hydrogen (secondary N) is 1. The third-order valence-corrected chi connectivity index (χ3v) is 3.31. The molecule has 2 N–H and O–H groups in total. The highest BCUT2D eigenvalue weighted by molar-refractivity contribution is 9.10. The number of rotatable bonds is 2. The van der Waals surface area contributed by atoms with Crippen LogP contribution in [0.4, 0.5) is 0 Å². The Morgan fingerprint density at radius 3 is 3.00 bits per heavy atom. The monoisotopic (exact) mass is 287 g/mol. The number of morpholine rings is 1. The van der Waals surface area contributed by atoms with Crippen molar-refractivity contribution >= 4 is 15.9 Å². The van der Waals surface area contributed by atoms with Crippen molar-refractivity contribution in [2.24, 2.45) is 0 Å². The molecule has 0 saturated carbocycles. The lowest BCUT2D eigenvalue weighted by Crippen LogP contribution is -2.34. The summed E-state index contributed by atoms with van der Waals surface area (Å²) in [6.07, 6.45) is 0. The van der Waals surface area contributed by atoms with Crippen molar-refractivity contribution in [3.8, 4) is 11.5 Å². The number of methoxy groups -OCH3 is 1. The Hall–Kier alpha value is -0.780. The average molecular weight is 288 g/mol. The smallest absolute Gasteiger partial charge is 0.163 e. The van der Waals surface area contributed by atoms with Crippen molar-refractivity contribution < 1.29 is 14.6 Å². The first kappa shape index (κ1) is 11.7. The number of phenols is 1. The highest BCUT2D eigenvalue weighted by Crippen LogP contribution is 2.39. The lowest BCUT2D eigenvalue weighted by Gasteiger charge is -2.26. The summed E-state index contributed by atoms with van der Waals surface area (Å²) in [7, 11) is 1.54. The summed E-state index contributed by atoms with van der Waals surface area (Å²) in [4.78, 5) is 0. The molecule has 88 valence electrons. The molecule has 0 unspecified atom stereocenters. The van der Waals surface area contributed by atoms with E-state index in [1.165, 1.54) is 7.11 Å². The Kier molecular flexibility index (Phi) is 3.68. The van der Waals surface area contributed by atoms with Crippen LogP contribution < -0.4 is 10.1 Å². The zero-order valence-electron chi connectivity index (χ0n) is 9.00. The Morgan fingerprint density at radius 2 is 2.38 bits per heavy atom. The molecule has 1 aliphatic rings. The molecule has 1 fully saturated rings. The van der Waals surface area contributed by atoms with E-state index in [2.05, 4.69) is 21.2 Å². The van der Waals surface area contributed by atoms with Crippen LogP contribution in [0.15, 0.2) is 16.6 Å². The van der Waals surface area contributed by atoms with Gasteiger partial charge in [0.15, 0.2) is 11.5 Å². The SMILES string of the molecule is COc1ccc(Br)c([C@@H]2COCCN2)c1O. The third-order valence-electron chi connectivity index (χ3n) is 2.62. The fourth-order valence-corrected chi connectivity index (χ4v) is 2.41. The molecule has 1 atom stereocenters. The molecule has 5 heteroatoms. The fraction of sp³-hybridized carbons (Fsp3) is 0.455. The van der Waals surface area contributed by atoms with Crippen LogP contribution in [0, 0.1) is 0 Å². The summed E-state index contributed by atoms with van der Waals surface area (Å²) in [5.41, 5.74) is 0.791. The lowest BCUT2D eigenvalue weighted by molar-refractivity contribution is 0.0757. The second-order valence-corrected chi connectivity index (χ2v) is 4.45. The van der Waals surface area contributed by atoms with Crippen LogP contribution in [-0.4, -0.2) is 32.0 Å². The maximum atomic E-state index is 10.1. The van der Waals surface area contributed by atoms with Crippen molar-refractivity contribution in [3.63, 3.8) is 0 Å². The second-order valence-electron chi connectivity index (χ2n) is 3.59. The molecule has 16 heavy (non-hydrogen) atoms. The number of benzene rings is 1. The number of phenolic OH excluding ortho intramolecular Hbond substituents is 1. The predicted molar refractivity (Wildman–Crippen MR) is 63.9 cm³/mol. The Morgan fingerprint density at radius 1 is 1.56 bits per heavy atom. The molecule has 0 radical (unpaired) electrons. The van der Waals surface area contributed by atoms with Gasteiger partial charge in [-0.05, 0) is 12.1 Å². The maximum Gasteiger partial charge on any atom is 0.163 e. The van der Waals surface area contributed by atoms with E-state index in [-0.39, 0.29) is 11.8 Å². The first-order valence-corrected chi connectivity index (χ1v) is 5.90. The van der Waals surface area contributed by atoms with Crippen molar-refractivity contribution in [2.75, 3.05) is 26.9 Å². The van der Waals surface area contributed by atoms with E-state index in [0.29, 0.717) is 19.0 Å². The number of aromatic hydroxyl groups is 1. The summed E-state index contributed by atoms with van der Waals surface area (Å²) >= 11 is 3.43. The lowest BCUT2D eigenvalue weighted by atomic mass is 10.1. The molecule has 1 aliphatic heterocycles. The molecule has 1 heterocycles. The van der Waals surface area contributed by atoms with Gasteiger partial charge in [-0.3, -0.25) is 0 Å². The van der Waals surface area contributed by atoms with Crippen molar-refractivity contribution in [1.82, 2.24) is 5.32 Å². The van der Waals surface area contributed by atoms with Crippen molar-refractivity contribution in [1.29, 1.82) is 0 Å². The predicted octanol–water partition coefficient (Wildman–Crippen LogP) is 1.82. The van der Waals surface area contributed by atoms with Gasteiger partial charge < -0.3 is 19.9 Å². The minimum Gasteiger partial charge on any atom is -0.504 e. The van der Waals surface area contributed by atoms with Gasteiger partial charge in [-0.25, -0.2) is 0 Å². The first-order chi connectivity index (χ1) is 7.74.